The Morgan fingerprint density at radius 3 is 2.67 bits per heavy atom. The number of sulfonamides is 1. The first-order valence-corrected chi connectivity index (χ1v) is 8.29. The number of thiophene rings is 1. The van der Waals surface area contributed by atoms with E-state index >= 15 is 0 Å². The molecule has 0 saturated heterocycles. The fourth-order valence-corrected chi connectivity index (χ4v) is 3.89. The van der Waals surface area contributed by atoms with Gasteiger partial charge in [-0.1, -0.05) is 17.7 Å². The van der Waals surface area contributed by atoms with Crippen molar-refractivity contribution >= 4 is 38.9 Å². The molecular formula is C12H9ClFNO4S2. The number of hydrogen-bond donors (Lipinski definition) is 2. The summed E-state index contributed by atoms with van der Waals surface area (Å²) < 4.78 is 39.2. The molecule has 2 aromatic rings. The predicted octanol–water partition coefficient (Wildman–Crippen LogP) is 2.72. The van der Waals surface area contributed by atoms with Crippen LogP contribution in [-0.4, -0.2) is 19.5 Å². The zero-order chi connectivity index (χ0) is 15.6. The number of halogens is 2. The fraction of sp³-hybridized carbons (Fsp3) is 0.0833. The third kappa shape index (κ3) is 3.79. The van der Waals surface area contributed by atoms with Crippen molar-refractivity contribution in [2.45, 2.75) is 10.8 Å². The molecule has 0 aliphatic rings. The van der Waals surface area contributed by atoms with Gasteiger partial charge in [0.05, 0.1) is 10.6 Å². The molecule has 0 fully saturated rings. The normalized spacial score (nSPS) is 11.5. The van der Waals surface area contributed by atoms with Crippen LogP contribution in [-0.2, 0) is 16.6 Å². The van der Waals surface area contributed by atoms with Gasteiger partial charge in [-0.25, -0.2) is 22.3 Å². The Labute approximate surface area is 129 Å². The van der Waals surface area contributed by atoms with Gasteiger partial charge in [0.2, 0.25) is 10.0 Å². The molecule has 2 N–H and O–H groups in total. The Bertz CT molecular complexity index is 788. The number of nitrogens with one attached hydrogen (secondary N) is 1. The molecule has 0 unspecified atom stereocenters. The summed E-state index contributed by atoms with van der Waals surface area (Å²) in [6, 6.07) is 4.93. The average molecular weight is 350 g/mol. The molecule has 21 heavy (non-hydrogen) atoms. The molecule has 9 heteroatoms. The maximum atomic E-state index is 13.0. The lowest BCUT2D eigenvalue weighted by atomic mass is 10.2. The lowest BCUT2D eigenvalue weighted by molar-refractivity contribution is 0.0697. The van der Waals surface area contributed by atoms with Crippen LogP contribution in [0.5, 0.6) is 0 Å². The molecule has 2 rings (SSSR count). The van der Waals surface area contributed by atoms with Gasteiger partial charge < -0.3 is 5.11 Å². The van der Waals surface area contributed by atoms with E-state index in [9.17, 15) is 17.6 Å². The van der Waals surface area contributed by atoms with Gasteiger partial charge in [0, 0.05) is 11.9 Å². The lowest BCUT2D eigenvalue weighted by Gasteiger charge is -2.05. The van der Waals surface area contributed by atoms with Crippen molar-refractivity contribution in [2.24, 2.45) is 0 Å². The second kappa shape index (κ2) is 6.10. The number of carboxylic acid groups (broad SMARTS) is 1. The van der Waals surface area contributed by atoms with Gasteiger partial charge in [-0.15, -0.1) is 11.3 Å². The van der Waals surface area contributed by atoms with Crippen LogP contribution in [0.2, 0.25) is 5.02 Å². The maximum Gasteiger partial charge on any atom is 0.336 e. The van der Waals surface area contributed by atoms with Crippen molar-refractivity contribution in [3.05, 3.63) is 51.6 Å². The summed E-state index contributed by atoms with van der Waals surface area (Å²) in [7, 11) is -3.83. The highest BCUT2D eigenvalue weighted by Gasteiger charge is 2.18. The molecule has 0 amide bonds. The standard InChI is InChI=1S/C12H9ClFNO4S2/c13-9-3-7(1-2-10(9)14)5-15-21(18,19)11-4-8(6-20-11)12(16)17/h1-4,6,15H,5H2,(H,16,17). The van der Waals surface area contributed by atoms with Crippen molar-refractivity contribution in [1.82, 2.24) is 4.72 Å². The SMILES string of the molecule is O=C(O)c1csc(S(=O)(=O)NCc2ccc(F)c(Cl)c2)c1. The van der Waals surface area contributed by atoms with Crippen molar-refractivity contribution < 1.29 is 22.7 Å². The summed E-state index contributed by atoms with van der Waals surface area (Å²) in [5.41, 5.74) is 0.394. The molecule has 0 aliphatic carbocycles. The number of carboxylic acids is 1. The second-order valence-corrected chi connectivity index (χ2v) is 7.34. The Morgan fingerprint density at radius 2 is 2.10 bits per heavy atom. The first kappa shape index (κ1) is 15.9. The number of carbonyl (C=O) groups is 1. The molecule has 1 aromatic heterocycles. The molecule has 0 atom stereocenters. The number of aromatic carboxylic acids is 1. The Morgan fingerprint density at radius 1 is 1.38 bits per heavy atom. The van der Waals surface area contributed by atoms with E-state index in [1.807, 2.05) is 0 Å². The molecule has 0 bridgehead atoms. The molecule has 5 nitrogen and oxygen atoms in total. The third-order valence-electron chi connectivity index (χ3n) is 2.54. The second-order valence-electron chi connectivity index (χ2n) is 4.03. The zero-order valence-electron chi connectivity index (χ0n) is 10.3. The zero-order valence-corrected chi connectivity index (χ0v) is 12.7. The van der Waals surface area contributed by atoms with E-state index in [0.717, 1.165) is 23.5 Å². The molecule has 1 aromatic carbocycles. The number of benzene rings is 1. The monoisotopic (exact) mass is 349 g/mol. The van der Waals surface area contributed by atoms with E-state index in [0.29, 0.717) is 5.56 Å². The van der Waals surface area contributed by atoms with Gasteiger partial charge >= 0.3 is 5.97 Å². The van der Waals surface area contributed by atoms with Gasteiger partial charge in [-0.05, 0) is 23.8 Å². The van der Waals surface area contributed by atoms with E-state index < -0.39 is 21.8 Å². The van der Waals surface area contributed by atoms with Crippen LogP contribution in [0.15, 0.2) is 33.9 Å². The summed E-state index contributed by atoms with van der Waals surface area (Å²) in [6.45, 7) is -0.0807. The smallest absolute Gasteiger partial charge is 0.336 e. The van der Waals surface area contributed by atoms with E-state index in [4.69, 9.17) is 16.7 Å². The number of hydrogen-bond acceptors (Lipinski definition) is 4. The molecular weight excluding hydrogens is 341 g/mol. The Kier molecular flexibility index (Phi) is 4.62. The van der Waals surface area contributed by atoms with Crippen LogP contribution >= 0.6 is 22.9 Å². The summed E-state index contributed by atoms with van der Waals surface area (Å²) in [6.07, 6.45) is 0. The Hall–Kier alpha value is -1.48. The molecule has 0 radical (unpaired) electrons. The van der Waals surface area contributed by atoms with Crippen molar-refractivity contribution in [3.63, 3.8) is 0 Å². The van der Waals surface area contributed by atoms with Crippen molar-refractivity contribution in [2.75, 3.05) is 0 Å². The molecule has 0 saturated carbocycles. The summed E-state index contributed by atoms with van der Waals surface area (Å²) >= 11 is 6.41. The van der Waals surface area contributed by atoms with Crippen molar-refractivity contribution in [3.8, 4) is 0 Å². The average Bonchev–Trinajstić information content (AvgIpc) is 2.91. The van der Waals surface area contributed by atoms with Crippen LogP contribution in [0.4, 0.5) is 4.39 Å². The topological polar surface area (TPSA) is 83.5 Å². The number of rotatable bonds is 5. The first-order chi connectivity index (χ1) is 9.79. The summed E-state index contributed by atoms with van der Waals surface area (Å²) in [4.78, 5) is 10.7. The van der Waals surface area contributed by atoms with Gasteiger partial charge in [0.25, 0.3) is 0 Å². The minimum absolute atomic E-state index is 0.0807. The van der Waals surface area contributed by atoms with Crippen LogP contribution in [0.1, 0.15) is 15.9 Å². The van der Waals surface area contributed by atoms with Crippen molar-refractivity contribution in [1.29, 1.82) is 0 Å². The van der Waals surface area contributed by atoms with Gasteiger partial charge in [-0.2, -0.15) is 0 Å². The molecule has 0 aliphatic heterocycles. The van der Waals surface area contributed by atoms with Crippen LogP contribution in [0, 0.1) is 5.82 Å². The van der Waals surface area contributed by atoms with E-state index in [1.165, 1.54) is 17.5 Å². The van der Waals surface area contributed by atoms with E-state index in [1.54, 1.807) is 0 Å². The summed E-state index contributed by atoms with van der Waals surface area (Å²) in [5.74, 6) is -1.79. The highest BCUT2D eigenvalue weighted by Crippen LogP contribution is 2.21. The van der Waals surface area contributed by atoms with Gasteiger partial charge in [0.1, 0.15) is 10.0 Å². The first-order valence-electron chi connectivity index (χ1n) is 5.55. The quantitative estimate of drug-likeness (QED) is 0.869. The highest BCUT2D eigenvalue weighted by molar-refractivity contribution is 7.91. The van der Waals surface area contributed by atoms with E-state index in [-0.39, 0.29) is 21.3 Å². The largest absolute Gasteiger partial charge is 0.478 e. The van der Waals surface area contributed by atoms with Gasteiger partial charge in [0.15, 0.2) is 0 Å². The minimum Gasteiger partial charge on any atom is -0.478 e. The highest BCUT2D eigenvalue weighted by atomic mass is 35.5. The minimum atomic E-state index is -3.83. The molecule has 112 valence electrons. The maximum absolute atomic E-state index is 13.0. The van der Waals surface area contributed by atoms with Crippen LogP contribution < -0.4 is 4.72 Å². The predicted molar refractivity (Wildman–Crippen MR) is 76.7 cm³/mol. The van der Waals surface area contributed by atoms with Crippen LogP contribution in [0.3, 0.4) is 0 Å². The van der Waals surface area contributed by atoms with Gasteiger partial charge in [-0.3, -0.25) is 0 Å². The Balaban J connectivity index is 2.13. The molecule has 0 spiro atoms. The van der Waals surface area contributed by atoms with Crippen LogP contribution in [0.25, 0.3) is 0 Å². The fourth-order valence-electron chi connectivity index (χ4n) is 1.47. The van der Waals surface area contributed by atoms with E-state index in [2.05, 4.69) is 4.72 Å². The molecule has 1 heterocycles. The third-order valence-corrected chi connectivity index (χ3v) is 5.67. The summed E-state index contributed by atoms with van der Waals surface area (Å²) in [5, 5.41) is 9.91. The lowest BCUT2D eigenvalue weighted by Crippen LogP contribution is -2.22.